The lowest BCUT2D eigenvalue weighted by Crippen LogP contribution is -2.54. The van der Waals surface area contributed by atoms with E-state index in [9.17, 15) is 4.79 Å². The van der Waals surface area contributed by atoms with Crippen molar-refractivity contribution in [3.05, 3.63) is 33.9 Å². The number of piperidine rings is 1. The molecule has 0 unspecified atom stereocenters. The molecule has 8 heteroatoms. The number of H-pyrrole nitrogens is 1. The number of anilines is 1. The van der Waals surface area contributed by atoms with Crippen LogP contribution in [0.5, 0.6) is 0 Å². The minimum absolute atomic E-state index is 0.321. The molecule has 1 aromatic carbocycles. The summed E-state index contributed by atoms with van der Waals surface area (Å²) in [6, 6.07) is 5.76. The molecular formula is C21H28Cl2N4O2. The second kappa shape index (κ2) is 8.07. The number of aromatic amines is 1. The molecule has 6 nitrogen and oxygen atoms in total. The van der Waals surface area contributed by atoms with Crippen molar-refractivity contribution < 1.29 is 9.53 Å². The standard InChI is InChI=1S/C21H28Cl2N4O2/c1-13-12-15(26-25-13)17-16(7-6-14(22)18(17)23)27-10-8-21(5,9-11-27)24-19(28)29-20(2,3)4/h6-7,12H,8-11H2,1-5H3,(H,24,28)(H,25,26). The molecule has 1 aliphatic heterocycles. The van der Waals surface area contributed by atoms with Gasteiger partial charge in [-0.25, -0.2) is 4.79 Å². The molecule has 2 heterocycles. The Morgan fingerprint density at radius 1 is 1.28 bits per heavy atom. The second-order valence-corrected chi connectivity index (χ2v) is 9.65. The van der Waals surface area contributed by atoms with Crippen molar-refractivity contribution in [3.8, 4) is 11.3 Å². The van der Waals surface area contributed by atoms with Crippen molar-refractivity contribution in [2.24, 2.45) is 0 Å². The highest BCUT2D eigenvalue weighted by molar-refractivity contribution is 6.44. The van der Waals surface area contributed by atoms with Gasteiger partial charge in [0.1, 0.15) is 5.60 Å². The van der Waals surface area contributed by atoms with Gasteiger partial charge >= 0.3 is 6.09 Å². The summed E-state index contributed by atoms with van der Waals surface area (Å²) >= 11 is 12.8. The van der Waals surface area contributed by atoms with E-state index in [0.717, 1.165) is 48.6 Å². The number of carbonyl (C=O) groups excluding carboxylic acids is 1. The topological polar surface area (TPSA) is 70.2 Å². The number of aryl methyl sites for hydroxylation is 1. The van der Waals surface area contributed by atoms with Crippen LogP contribution in [0.25, 0.3) is 11.3 Å². The van der Waals surface area contributed by atoms with Crippen LogP contribution in [0, 0.1) is 6.92 Å². The SMILES string of the molecule is Cc1cc(-c2c(N3CCC(C)(NC(=O)OC(C)(C)C)CC3)ccc(Cl)c2Cl)n[nH]1. The van der Waals surface area contributed by atoms with E-state index in [0.29, 0.717) is 10.0 Å². The quantitative estimate of drug-likeness (QED) is 0.656. The van der Waals surface area contributed by atoms with E-state index in [4.69, 9.17) is 27.9 Å². The fourth-order valence-corrected chi connectivity index (χ4v) is 3.92. The average Bonchev–Trinajstić information content (AvgIpc) is 3.02. The molecule has 0 aliphatic carbocycles. The van der Waals surface area contributed by atoms with Crippen LogP contribution in [0.1, 0.15) is 46.2 Å². The third-order valence-corrected chi connectivity index (χ3v) is 5.85. The molecule has 1 fully saturated rings. The summed E-state index contributed by atoms with van der Waals surface area (Å²) in [5.74, 6) is 0. The van der Waals surface area contributed by atoms with Crippen LogP contribution in [-0.4, -0.2) is 40.5 Å². The highest BCUT2D eigenvalue weighted by atomic mass is 35.5. The number of hydrogen-bond donors (Lipinski definition) is 2. The molecule has 1 aliphatic rings. The summed E-state index contributed by atoms with van der Waals surface area (Å²) in [6.45, 7) is 11.1. The summed E-state index contributed by atoms with van der Waals surface area (Å²) in [4.78, 5) is 14.5. The predicted molar refractivity (Wildman–Crippen MR) is 118 cm³/mol. The summed E-state index contributed by atoms with van der Waals surface area (Å²) < 4.78 is 5.42. The lowest BCUT2D eigenvalue weighted by Gasteiger charge is -2.41. The van der Waals surface area contributed by atoms with E-state index in [-0.39, 0.29) is 11.6 Å². The van der Waals surface area contributed by atoms with Crippen molar-refractivity contribution >= 4 is 35.0 Å². The molecule has 0 saturated carbocycles. The maximum atomic E-state index is 12.2. The van der Waals surface area contributed by atoms with Gasteiger partial charge in [-0.05, 0) is 65.7 Å². The van der Waals surface area contributed by atoms with Gasteiger partial charge in [-0.1, -0.05) is 23.2 Å². The van der Waals surface area contributed by atoms with Crippen molar-refractivity contribution in [1.82, 2.24) is 15.5 Å². The Morgan fingerprint density at radius 2 is 1.93 bits per heavy atom. The Hall–Kier alpha value is -1.92. The lowest BCUT2D eigenvalue weighted by atomic mass is 9.89. The van der Waals surface area contributed by atoms with Gasteiger partial charge < -0.3 is 15.0 Å². The van der Waals surface area contributed by atoms with Crippen LogP contribution in [0.15, 0.2) is 18.2 Å². The number of nitrogens with zero attached hydrogens (tertiary/aromatic N) is 2. The first-order valence-electron chi connectivity index (χ1n) is 9.74. The molecule has 0 bridgehead atoms. The molecule has 158 valence electrons. The zero-order valence-electron chi connectivity index (χ0n) is 17.5. The molecule has 1 saturated heterocycles. The van der Waals surface area contributed by atoms with E-state index in [1.807, 2.05) is 45.9 Å². The highest BCUT2D eigenvalue weighted by Crippen LogP contribution is 2.41. The summed E-state index contributed by atoms with van der Waals surface area (Å²) in [5, 5.41) is 11.4. The zero-order chi connectivity index (χ0) is 21.4. The Labute approximate surface area is 181 Å². The number of halogens is 2. The molecule has 29 heavy (non-hydrogen) atoms. The van der Waals surface area contributed by atoms with Gasteiger partial charge in [0.2, 0.25) is 0 Å². The first-order valence-corrected chi connectivity index (χ1v) is 10.5. The minimum atomic E-state index is -0.516. The van der Waals surface area contributed by atoms with Crippen molar-refractivity contribution in [3.63, 3.8) is 0 Å². The molecule has 1 aromatic heterocycles. The number of benzene rings is 1. The number of alkyl carbamates (subject to hydrolysis) is 1. The molecule has 0 spiro atoms. The molecular weight excluding hydrogens is 411 g/mol. The largest absolute Gasteiger partial charge is 0.444 e. The fraction of sp³-hybridized carbons (Fsp3) is 0.524. The van der Waals surface area contributed by atoms with E-state index >= 15 is 0 Å². The molecule has 3 rings (SSSR count). The average molecular weight is 439 g/mol. The van der Waals surface area contributed by atoms with Crippen LogP contribution in [0.3, 0.4) is 0 Å². The Morgan fingerprint density at radius 3 is 2.48 bits per heavy atom. The number of hydrogen-bond acceptors (Lipinski definition) is 4. The Kier molecular flexibility index (Phi) is 6.06. The van der Waals surface area contributed by atoms with Crippen LogP contribution in [0.4, 0.5) is 10.5 Å². The summed E-state index contributed by atoms with van der Waals surface area (Å²) in [6.07, 6.45) is 1.19. The minimum Gasteiger partial charge on any atom is -0.444 e. The Bertz CT molecular complexity index is 897. The summed E-state index contributed by atoms with van der Waals surface area (Å²) in [7, 11) is 0. The van der Waals surface area contributed by atoms with Gasteiger partial charge in [0.05, 0.1) is 15.7 Å². The third kappa shape index (κ3) is 5.17. The van der Waals surface area contributed by atoms with E-state index in [2.05, 4.69) is 27.3 Å². The van der Waals surface area contributed by atoms with E-state index in [1.54, 1.807) is 0 Å². The van der Waals surface area contributed by atoms with Crippen molar-refractivity contribution in [2.45, 2.75) is 58.6 Å². The predicted octanol–water partition coefficient (Wildman–Crippen LogP) is 5.58. The normalized spacial score (nSPS) is 16.6. The molecule has 0 radical (unpaired) electrons. The van der Waals surface area contributed by atoms with Crippen LogP contribution >= 0.6 is 23.2 Å². The highest BCUT2D eigenvalue weighted by Gasteiger charge is 2.34. The number of ether oxygens (including phenoxy) is 1. The first kappa shape index (κ1) is 21.8. The van der Waals surface area contributed by atoms with Crippen molar-refractivity contribution in [1.29, 1.82) is 0 Å². The second-order valence-electron chi connectivity index (χ2n) is 8.87. The molecule has 1 amide bonds. The number of rotatable bonds is 3. The summed E-state index contributed by atoms with van der Waals surface area (Å²) in [5.41, 5.74) is 2.70. The van der Waals surface area contributed by atoms with Gasteiger partial charge in [0.25, 0.3) is 0 Å². The number of carbonyl (C=O) groups is 1. The molecule has 0 atom stereocenters. The molecule has 2 N–H and O–H groups in total. The van der Waals surface area contributed by atoms with Gasteiger partial charge in [0, 0.05) is 35.6 Å². The molecule has 2 aromatic rings. The van der Waals surface area contributed by atoms with Crippen LogP contribution in [0.2, 0.25) is 10.0 Å². The number of nitrogens with one attached hydrogen (secondary N) is 2. The number of amides is 1. The van der Waals surface area contributed by atoms with Gasteiger partial charge in [-0.3, -0.25) is 5.10 Å². The lowest BCUT2D eigenvalue weighted by molar-refractivity contribution is 0.0448. The van der Waals surface area contributed by atoms with E-state index < -0.39 is 5.60 Å². The van der Waals surface area contributed by atoms with Crippen LogP contribution < -0.4 is 10.2 Å². The van der Waals surface area contributed by atoms with Gasteiger partial charge in [-0.2, -0.15) is 5.10 Å². The van der Waals surface area contributed by atoms with Crippen LogP contribution in [-0.2, 0) is 4.74 Å². The Balaban J connectivity index is 1.78. The zero-order valence-corrected chi connectivity index (χ0v) is 19.0. The third-order valence-electron chi connectivity index (χ3n) is 5.05. The van der Waals surface area contributed by atoms with E-state index in [1.165, 1.54) is 0 Å². The maximum Gasteiger partial charge on any atom is 0.408 e. The monoisotopic (exact) mass is 438 g/mol. The smallest absolute Gasteiger partial charge is 0.408 e. The fourth-order valence-electron chi connectivity index (χ4n) is 3.51. The number of aromatic nitrogens is 2. The maximum absolute atomic E-state index is 12.2. The van der Waals surface area contributed by atoms with Gasteiger partial charge in [-0.15, -0.1) is 0 Å². The van der Waals surface area contributed by atoms with Gasteiger partial charge in [0.15, 0.2) is 0 Å². The first-order chi connectivity index (χ1) is 13.5. The van der Waals surface area contributed by atoms with Crippen molar-refractivity contribution in [2.75, 3.05) is 18.0 Å².